The molecule has 0 fully saturated rings. The van der Waals surface area contributed by atoms with Crippen molar-refractivity contribution >= 4 is 5.97 Å². The minimum Gasteiger partial charge on any atom is -0.465 e. The number of rotatable bonds is 11. The number of carbonyl (C=O) groups excluding carboxylic acids is 1. The lowest BCUT2D eigenvalue weighted by Gasteiger charge is -2.29. The molecule has 0 aliphatic rings. The molecule has 0 rings (SSSR count). The summed E-state index contributed by atoms with van der Waals surface area (Å²) in [5.41, 5.74) is -0.552. The second-order valence-electron chi connectivity index (χ2n) is 5.65. The molecule has 20 heavy (non-hydrogen) atoms. The number of esters is 1. The van der Waals surface area contributed by atoms with Gasteiger partial charge in [0, 0.05) is 6.04 Å². The monoisotopic (exact) mass is 286 g/mol. The van der Waals surface area contributed by atoms with E-state index in [2.05, 4.69) is 31.0 Å². The Morgan fingerprint density at radius 3 is 2.40 bits per heavy atom. The van der Waals surface area contributed by atoms with Crippen LogP contribution in [0.3, 0.4) is 0 Å². The van der Waals surface area contributed by atoms with Gasteiger partial charge in [-0.25, -0.2) is 0 Å². The van der Waals surface area contributed by atoms with E-state index in [1.165, 1.54) is 6.42 Å². The van der Waals surface area contributed by atoms with Gasteiger partial charge < -0.3 is 15.0 Å². The van der Waals surface area contributed by atoms with E-state index >= 15 is 0 Å². The van der Waals surface area contributed by atoms with Crippen molar-refractivity contribution in [2.24, 2.45) is 0 Å². The Morgan fingerprint density at radius 1 is 1.30 bits per heavy atom. The molecule has 0 saturated carbocycles. The van der Waals surface area contributed by atoms with Gasteiger partial charge in [0.05, 0.1) is 6.61 Å². The molecule has 0 amide bonds. The first kappa shape index (κ1) is 19.4. The average Bonchev–Trinajstić information content (AvgIpc) is 2.46. The van der Waals surface area contributed by atoms with Gasteiger partial charge in [0.25, 0.3) is 0 Å². The van der Waals surface area contributed by atoms with Crippen LogP contribution < -0.4 is 5.32 Å². The van der Waals surface area contributed by atoms with Gasteiger partial charge in [0.2, 0.25) is 0 Å². The lowest BCUT2D eigenvalue weighted by Crippen LogP contribution is -2.48. The fraction of sp³-hybridized carbons (Fsp3) is 0.938. The minimum atomic E-state index is -0.552. The van der Waals surface area contributed by atoms with Crippen molar-refractivity contribution in [1.82, 2.24) is 10.2 Å². The van der Waals surface area contributed by atoms with Crippen molar-refractivity contribution in [3.63, 3.8) is 0 Å². The lowest BCUT2D eigenvalue weighted by atomic mass is 9.95. The van der Waals surface area contributed by atoms with Crippen LogP contribution in [-0.4, -0.2) is 49.2 Å². The fourth-order valence-corrected chi connectivity index (χ4v) is 2.36. The molecule has 0 aromatic carbocycles. The zero-order chi connectivity index (χ0) is 15.6. The van der Waals surface area contributed by atoms with Crippen LogP contribution in [0.15, 0.2) is 0 Å². The predicted molar refractivity (Wildman–Crippen MR) is 84.9 cm³/mol. The summed E-state index contributed by atoms with van der Waals surface area (Å²) in [6.07, 6.45) is 4.16. The van der Waals surface area contributed by atoms with Crippen LogP contribution in [0.25, 0.3) is 0 Å². The topological polar surface area (TPSA) is 41.6 Å². The normalized spacial score (nSPS) is 15.9. The molecule has 0 aromatic heterocycles. The maximum Gasteiger partial charge on any atom is 0.326 e. The predicted octanol–water partition coefficient (Wildman–Crippen LogP) is 2.82. The first-order valence-electron chi connectivity index (χ1n) is 8.05. The van der Waals surface area contributed by atoms with E-state index in [-0.39, 0.29) is 5.97 Å². The summed E-state index contributed by atoms with van der Waals surface area (Å²) in [4.78, 5) is 14.4. The molecule has 0 aliphatic carbocycles. The van der Waals surface area contributed by atoms with Crippen LogP contribution in [0, 0.1) is 0 Å². The third-order valence-electron chi connectivity index (χ3n) is 4.27. The molecule has 120 valence electrons. The standard InChI is InChI=1S/C16H34N2O2/c1-7-14(4)18(8-2)13-11-10-12-16(5,17-6)15(19)20-9-3/h14,17H,7-13H2,1-6H3. The maximum absolute atomic E-state index is 11.9. The Kier molecular flexibility index (Phi) is 9.86. The number of nitrogens with zero attached hydrogens (tertiary/aromatic N) is 1. The van der Waals surface area contributed by atoms with Crippen LogP contribution in [-0.2, 0) is 9.53 Å². The molecule has 0 bridgehead atoms. The highest BCUT2D eigenvalue weighted by Crippen LogP contribution is 2.16. The van der Waals surface area contributed by atoms with E-state index in [1.807, 2.05) is 20.9 Å². The molecule has 0 saturated heterocycles. The number of unbranched alkanes of at least 4 members (excludes halogenated alkanes) is 1. The fourth-order valence-electron chi connectivity index (χ4n) is 2.36. The highest BCUT2D eigenvalue weighted by atomic mass is 16.5. The second kappa shape index (κ2) is 10.2. The Hall–Kier alpha value is -0.610. The molecule has 1 N–H and O–H groups in total. The number of carbonyl (C=O) groups is 1. The summed E-state index contributed by atoms with van der Waals surface area (Å²) >= 11 is 0. The summed E-state index contributed by atoms with van der Waals surface area (Å²) in [5.74, 6) is -0.142. The molecule has 4 heteroatoms. The first-order valence-corrected chi connectivity index (χ1v) is 8.05. The van der Waals surface area contributed by atoms with Crippen LogP contribution in [0.5, 0.6) is 0 Å². The van der Waals surface area contributed by atoms with Crippen LogP contribution in [0.1, 0.15) is 60.3 Å². The summed E-state index contributed by atoms with van der Waals surface area (Å²) in [7, 11) is 1.83. The van der Waals surface area contributed by atoms with Crippen molar-refractivity contribution in [2.75, 3.05) is 26.7 Å². The summed E-state index contributed by atoms with van der Waals surface area (Å²) in [6.45, 7) is 13.1. The molecular weight excluding hydrogens is 252 g/mol. The number of hydrogen-bond acceptors (Lipinski definition) is 4. The SMILES string of the molecule is CCOC(=O)C(C)(CCCCN(CC)C(C)CC)NC. The lowest BCUT2D eigenvalue weighted by molar-refractivity contribution is -0.150. The molecule has 4 nitrogen and oxygen atoms in total. The van der Waals surface area contributed by atoms with Gasteiger partial charge in [-0.3, -0.25) is 4.79 Å². The molecule has 0 radical (unpaired) electrons. The maximum atomic E-state index is 11.9. The quantitative estimate of drug-likeness (QED) is 0.468. The van der Waals surface area contributed by atoms with Gasteiger partial charge in [-0.2, -0.15) is 0 Å². The molecule has 0 aromatic rings. The van der Waals surface area contributed by atoms with E-state index in [0.29, 0.717) is 12.6 Å². The zero-order valence-electron chi connectivity index (χ0n) is 14.3. The Balaban J connectivity index is 4.16. The second-order valence-corrected chi connectivity index (χ2v) is 5.65. The van der Waals surface area contributed by atoms with E-state index in [4.69, 9.17) is 4.74 Å². The molecule has 0 spiro atoms. The van der Waals surface area contributed by atoms with Crippen LogP contribution in [0.4, 0.5) is 0 Å². The Bertz CT molecular complexity index is 271. The third-order valence-corrected chi connectivity index (χ3v) is 4.27. The van der Waals surface area contributed by atoms with Gasteiger partial charge in [-0.05, 0) is 66.6 Å². The zero-order valence-corrected chi connectivity index (χ0v) is 14.3. The van der Waals surface area contributed by atoms with E-state index in [0.717, 1.165) is 32.4 Å². The minimum absolute atomic E-state index is 0.142. The van der Waals surface area contributed by atoms with E-state index in [9.17, 15) is 4.79 Å². The van der Waals surface area contributed by atoms with Gasteiger partial charge in [0.15, 0.2) is 0 Å². The van der Waals surface area contributed by atoms with Crippen molar-refractivity contribution in [3.8, 4) is 0 Å². The summed E-state index contributed by atoms with van der Waals surface area (Å²) in [5, 5.41) is 3.11. The van der Waals surface area contributed by atoms with Crippen LogP contribution >= 0.6 is 0 Å². The average molecular weight is 286 g/mol. The van der Waals surface area contributed by atoms with Crippen molar-refractivity contribution in [2.45, 2.75) is 71.9 Å². The van der Waals surface area contributed by atoms with Gasteiger partial charge in [-0.15, -0.1) is 0 Å². The number of ether oxygens (including phenoxy) is 1. The number of nitrogens with one attached hydrogen (secondary N) is 1. The smallest absolute Gasteiger partial charge is 0.326 e. The molecule has 0 heterocycles. The van der Waals surface area contributed by atoms with Gasteiger partial charge >= 0.3 is 5.97 Å². The third kappa shape index (κ3) is 6.23. The largest absolute Gasteiger partial charge is 0.465 e. The molecular formula is C16H34N2O2. The summed E-state index contributed by atoms with van der Waals surface area (Å²) in [6, 6.07) is 0.640. The van der Waals surface area contributed by atoms with Gasteiger partial charge in [0.1, 0.15) is 5.54 Å². The highest BCUT2D eigenvalue weighted by molar-refractivity contribution is 5.80. The summed E-state index contributed by atoms with van der Waals surface area (Å²) < 4.78 is 5.14. The van der Waals surface area contributed by atoms with Crippen molar-refractivity contribution in [3.05, 3.63) is 0 Å². The molecule has 0 aliphatic heterocycles. The first-order chi connectivity index (χ1) is 9.45. The van der Waals surface area contributed by atoms with Crippen molar-refractivity contribution in [1.29, 1.82) is 0 Å². The molecule has 2 unspecified atom stereocenters. The number of likely N-dealkylation sites (N-methyl/N-ethyl adjacent to an activating group) is 1. The van der Waals surface area contributed by atoms with E-state index in [1.54, 1.807) is 0 Å². The number of hydrogen-bond donors (Lipinski definition) is 1. The Morgan fingerprint density at radius 2 is 1.95 bits per heavy atom. The van der Waals surface area contributed by atoms with E-state index < -0.39 is 5.54 Å². The van der Waals surface area contributed by atoms with Crippen LogP contribution in [0.2, 0.25) is 0 Å². The highest BCUT2D eigenvalue weighted by Gasteiger charge is 2.32. The van der Waals surface area contributed by atoms with Gasteiger partial charge in [-0.1, -0.05) is 13.8 Å². The Labute approximate surface area is 125 Å². The molecule has 2 atom stereocenters. The van der Waals surface area contributed by atoms with Crippen molar-refractivity contribution < 1.29 is 9.53 Å².